The van der Waals surface area contributed by atoms with Crippen molar-refractivity contribution in [1.82, 2.24) is 0 Å². The predicted octanol–water partition coefficient (Wildman–Crippen LogP) is 5.60. The lowest BCUT2D eigenvalue weighted by molar-refractivity contribution is 0.0980. The molecule has 4 aromatic carbocycles. The molecule has 4 aromatic rings. The number of para-hydroxylation sites is 1. The number of nitrogens with two attached hydrogens (primary N) is 1. The van der Waals surface area contributed by atoms with Crippen molar-refractivity contribution >= 4 is 44.6 Å². The fourth-order valence-electron chi connectivity index (χ4n) is 4.02. The molecule has 0 radical (unpaired) electrons. The van der Waals surface area contributed by atoms with Crippen molar-refractivity contribution in [2.24, 2.45) is 0 Å². The molecule has 0 aliphatic heterocycles. The number of hydrogen-bond acceptors (Lipinski definition) is 6. The summed E-state index contributed by atoms with van der Waals surface area (Å²) in [6, 6.07) is 20.5. The Morgan fingerprint density at radius 2 is 1.50 bits per heavy atom. The molecule has 0 bridgehead atoms. The van der Waals surface area contributed by atoms with Gasteiger partial charge in [-0.25, -0.2) is 8.42 Å². The number of hydrogen-bond donors (Lipinski definition) is 2. The third-order valence-electron chi connectivity index (χ3n) is 5.80. The fraction of sp³-hybridized carbons (Fsp3) is 0.0370. The standard InChI is InChI=1S/C27H19ClN2O5S/c1-15-7-10-18(11-8-15)36(33,34)30-21-14-22(35-17-5-3-2-4-6-17)25(29)24-23(21)26(31)19-12-9-16(28)13-20(19)27(24)32/h2-14,30H,29H2,1H3. The molecule has 1 aliphatic carbocycles. The number of ether oxygens (including phenoxy) is 1. The van der Waals surface area contributed by atoms with Gasteiger partial charge in [0, 0.05) is 22.2 Å². The number of halogens is 1. The first-order valence-electron chi connectivity index (χ1n) is 10.8. The average Bonchev–Trinajstić information content (AvgIpc) is 2.85. The molecule has 7 nitrogen and oxygen atoms in total. The van der Waals surface area contributed by atoms with Crippen molar-refractivity contribution in [3.05, 3.63) is 112 Å². The molecule has 0 unspecified atom stereocenters. The lowest BCUT2D eigenvalue weighted by Crippen LogP contribution is -2.25. The van der Waals surface area contributed by atoms with Crippen LogP contribution in [0.15, 0.2) is 83.8 Å². The summed E-state index contributed by atoms with van der Waals surface area (Å²) in [5, 5.41) is 0.272. The molecule has 0 spiro atoms. The maximum atomic E-state index is 13.5. The van der Waals surface area contributed by atoms with Crippen LogP contribution >= 0.6 is 11.6 Å². The Hall–Kier alpha value is -4.14. The second-order valence-electron chi connectivity index (χ2n) is 8.27. The van der Waals surface area contributed by atoms with Gasteiger partial charge in [0.1, 0.15) is 5.75 Å². The maximum absolute atomic E-state index is 13.5. The van der Waals surface area contributed by atoms with Crippen LogP contribution in [-0.4, -0.2) is 20.0 Å². The smallest absolute Gasteiger partial charge is 0.261 e. The summed E-state index contributed by atoms with van der Waals surface area (Å²) in [4.78, 5) is 27.1. The van der Waals surface area contributed by atoms with Crippen LogP contribution in [-0.2, 0) is 10.0 Å². The minimum atomic E-state index is -4.12. The largest absolute Gasteiger partial charge is 0.455 e. The highest BCUT2D eigenvalue weighted by molar-refractivity contribution is 7.92. The number of nitrogen functional groups attached to an aromatic ring is 1. The van der Waals surface area contributed by atoms with E-state index in [2.05, 4.69) is 4.72 Å². The van der Waals surface area contributed by atoms with Crippen LogP contribution in [0.4, 0.5) is 11.4 Å². The third kappa shape index (κ3) is 4.10. The second kappa shape index (κ2) is 8.82. The van der Waals surface area contributed by atoms with Gasteiger partial charge in [-0.15, -0.1) is 0 Å². The number of carbonyl (C=O) groups is 2. The van der Waals surface area contributed by atoms with Crippen LogP contribution in [0.25, 0.3) is 0 Å². The Morgan fingerprint density at radius 1 is 0.833 bits per heavy atom. The van der Waals surface area contributed by atoms with Gasteiger partial charge < -0.3 is 10.5 Å². The third-order valence-corrected chi connectivity index (χ3v) is 7.42. The summed E-state index contributed by atoms with van der Waals surface area (Å²) in [6.07, 6.45) is 0. The average molecular weight is 519 g/mol. The monoisotopic (exact) mass is 518 g/mol. The van der Waals surface area contributed by atoms with E-state index in [1.54, 1.807) is 42.5 Å². The molecule has 0 fully saturated rings. The van der Waals surface area contributed by atoms with E-state index in [1.807, 2.05) is 6.92 Å². The highest BCUT2D eigenvalue weighted by atomic mass is 35.5. The molecule has 36 heavy (non-hydrogen) atoms. The van der Waals surface area contributed by atoms with Crippen LogP contribution in [0.3, 0.4) is 0 Å². The Balaban J connectivity index is 1.71. The van der Waals surface area contributed by atoms with Gasteiger partial charge in [-0.05, 0) is 49.4 Å². The van der Waals surface area contributed by atoms with Crippen molar-refractivity contribution in [3.8, 4) is 11.5 Å². The molecule has 0 saturated carbocycles. The number of carbonyl (C=O) groups excluding carboxylic acids is 2. The zero-order chi connectivity index (χ0) is 25.6. The first-order valence-corrected chi connectivity index (χ1v) is 12.7. The number of aryl methyl sites for hydroxylation is 1. The molecule has 1 aliphatic rings. The van der Waals surface area contributed by atoms with E-state index in [9.17, 15) is 18.0 Å². The summed E-state index contributed by atoms with van der Waals surface area (Å²) >= 11 is 6.08. The Bertz CT molecular complexity index is 1650. The first kappa shape index (κ1) is 23.6. The van der Waals surface area contributed by atoms with Crippen molar-refractivity contribution < 1.29 is 22.7 Å². The summed E-state index contributed by atoms with van der Waals surface area (Å²) in [5.74, 6) is -0.688. The summed E-state index contributed by atoms with van der Waals surface area (Å²) in [6.45, 7) is 1.83. The molecular weight excluding hydrogens is 500 g/mol. The minimum Gasteiger partial charge on any atom is -0.455 e. The van der Waals surface area contributed by atoms with Gasteiger partial charge in [0.25, 0.3) is 10.0 Å². The van der Waals surface area contributed by atoms with Gasteiger partial charge in [0.2, 0.25) is 0 Å². The molecule has 5 rings (SSSR count). The topological polar surface area (TPSA) is 116 Å². The summed E-state index contributed by atoms with van der Waals surface area (Å²) in [7, 11) is -4.12. The molecule has 0 atom stereocenters. The molecular formula is C27H19ClN2O5S. The lowest BCUT2D eigenvalue weighted by atomic mass is 9.82. The van der Waals surface area contributed by atoms with Gasteiger partial charge in [0.05, 0.1) is 27.4 Å². The van der Waals surface area contributed by atoms with Crippen molar-refractivity contribution in [3.63, 3.8) is 0 Å². The van der Waals surface area contributed by atoms with E-state index in [-0.39, 0.29) is 49.3 Å². The van der Waals surface area contributed by atoms with E-state index in [1.165, 1.54) is 36.4 Å². The number of ketones is 2. The van der Waals surface area contributed by atoms with Crippen molar-refractivity contribution in [1.29, 1.82) is 0 Å². The van der Waals surface area contributed by atoms with Crippen LogP contribution in [0.5, 0.6) is 11.5 Å². The summed E-state index contributed by atoms with van der Waals surface area (Å²) in [5.41, 5.74) is 6.91. The first-order chi connectivity index (χ1) is 17.2. The van der Waals surface area contributed by atoms with E-state index >= 15 is 0 Å². The number of sulfonamides is 1. The highest BCUT2D eigenvalue weighted by Crippen LogP contribution is 2.43. The molecule has 3 N–H and O–H groups in total. The van der Waals surface area contributed by atoms with Crippen LogP contribution in [0.2, 0.25) is 5.02 Å². The van der Waals surface area contributed by atoms with Gasteiger partial charge in [0.15, 0.2) is 17.3 Å². The number of nitrogens with one attached hydrogen (secondary N) is 1. The van der Waals surface area contributed by atoms with E-state index in [0.717, 1.165) is 5.56 Å². The summed E-state index contributed by atoms with van der Waals surface area (Å²) < 4.78 is 34.8. The van der Waals surface area contributed by atoms with Gasteiger partial charge in [-0.1, -0.05) is 47.5 Å². The zero-order valence-electron chi connectivity index (χ0n) is 18.9. The van der Waals surface area contributed by atoms with E-state index < -0.39 is 21.6 Å². The molecule has 0 heterocycles. The molecule has 9 heteroatoms. The lowest BCUT2D eigenvalue weighted by Gasteiger charge is -2.24. The normalized spacial score (nSPS) is 12.6. The van der Waals surface area contributed by atoms with Crippen LogP contribution in [0.1, 0.15) is 37.4 Å². The van der Waals surface area contributed by atoms with E-state index in [0.29, 0.717) is 5.75 Å². The van der Waals surface area contributed by atoms with Gasteiger partial charge >= 0.3 is 0 Å². The SMILES string of the molecule is Cc1ccc(S(=O)(=O)Nc2cc(Oc3ccccc3)c(N)c3c2C(=O)c2ccc(Cl)cc2C3=O)cc1. The van der Waals surface area contributed by atoms with Crippen LogP contribution in [0, 0.1) is 6.92 Å². The van der Waals surface area contributed by atoms with Crippen molar-refractivity contribution in [2.45, 2.75) is 11.8 Å². The van der Waals surface area contributed by atoms with Crippen molar-refractivity contribution in [2.75, 3.05) is 10.5 Å². The zero-order valence-corrected chi connectivity index (χ0v) is 20.5. The predicted molar refractivity (Wildman–Crippen MR) is 138 cm³/mol. The molecule has 0 aromatic heterocycles. The Kier molecular flexibility index (Phi) is 5.78. The number of benzene rings is 4. The number of rotatable bonds is 5. The fourth-order valence-corrected chi connectivity index (χ4v) is 5.25. The Morgan fingerprint density at radius 3 is 2.19 bits per heavy atom. The number of anilines is 2. The highest BCUT2D eigenvalue weighted by Gasteiger charge is 2.36. The number of fused-ring (bicyclic) bond motifs is 2. The quantitative estimate of drug-likeness (QED) is 0.293. The molecule has 180 valence electrons. The minimum absolute atomic E-state index is 0.00836. The maximum Gasteiger partial charge on any atom is 0.261 e. The van der Waals surface area contributed by atoms with Crippen LogP contribution < -0.4 is 15.2 Å². The Labute approximate surface area is 212 Å². The second-order valence-corrected chi connectivity index (χ2v) is 10.4. The van der Waals surface area contributed by atoms with Gasteiger partial charge in [-0.2, -0.15) is 0 Å². The van der Waals surface area contributed by atoms with E-state index in [4.69, 9.17) is 22.1 Å². The molecule has 0 saturated heterocycles. The van der Waals surface area contributed by atoms with Gasteiger partial charge in [-0.3, -0.25) is 14.3 Å². The molecule has 0 amide bonds.